The fourth-order valence-electron chi connectivity index (χ4n) is 7.67. The van der Waals surface area contributed by atoms with Crippen LogP contribution in [0.4, 0.5) is 22.7 Å². The van der Waals surface area contributed by atoms with E-state index in [1.54, 1.807) is 0 Å². The highest BCUT2D eigenvalue weighted by Gasteiger charge is 2.20. The Bertz CT molecular complexity index is 2870. The minimum atomic E-state index is -0.0162. The first-order valence-corrected chi connectivity index (χ1v) is 19.3. The zero-order valence-corrected chi connectivity index (χ0v) is 32.2. The summed E-state index contributed by atoms with van der Waals surface area (Å²) >= 11 is 1.84. The van der Waals surface area contributed by atoms with Crippen molar-refractivity contribution in [3.63, 3.8) is 0 Å². The van der Waals surface area contributed by atoms with E-state index in [1.165, 1.54) is 47.8 Å². The van der Waals surface area contributed by atoms with E-state index >= 15 is 0 Å². The average Bonchev–Trinajstić information content (AvgIpc) is 3.67. The lowest BCUT2D eigenvalue weighted by molar-refractivity contribution is 0.483. The van der Waals surface area contributed by atoms with E-state index in [0.717, 1.165) is 56.5 Å². The summed E-state index contributed by atoms with van der Waals surface area (Å²) in [5.74, 6) is 2.40. The molecule has 0 amide bonds. The van der Waals surface area contributed by atoms with Crippen LogP contribution >= 0.6 is 11.3 Å². The molecule has 0 saturated carbocycles. The zero-order valence-electron chi connectivity index (χ0n) is 31.4. The maximum Gasteiger partial charge on any atom is 0.137 e. The van der Waals surface area contributed by atoms with Crippen LogP contribution in [0.3, 0.4) is 0 Å². The molecule has 6 aromatic carbocycles. The smallest absolute Gasteiger partial charge is 0.137 e. The second kappa shape index (κ2) is 13.1. The molecular weight excluding hydrogens is 681 g/mol. The van der Waals surface area contributed by atoms with Gasteiger partial charge >= 0.3 is 0 Å². The first-order chi connectivity index (χ1) is 26.1. The Labute approximate surface area is 319 Å². The van der Waals surface area contributed by atoms with E-state index in [1.807, 2.05) is 35.7 Å². The molecule has 266 valence electrons. The van der Waals surface area contributed by atoms with Crippen LogP contribution in [0.2, 0.25) is 0 Å². The van der Waals surface area contributed by atoms with Crippen LogP contribution in [0.25, 0.3) is 47.8 Å². The fraction of sp³-hybridized carbons (Fsp3) is 0.146. The van der Waals surface area contributed by atoms with Crippen molar-refractivity contribution in [2.45, 2.75) is 47.0 Å². The Morgan fingerprint density at radius 3 is 2.11 bits per heavy atom. The minimum Gasteiger partial charge on any atom is -0.457 e. The normalized spacial score (nSPS) is 11.9. The van der Waals surface area contributed by atoms with Gasteiger partial charge in [-0.05, 0) is 110 Å². The summed E-state index contributed by atoms with van der Waals surface area (Å²) in [6.45, 7) is 13.2. The number of aryl methyl sites for hydroxylation is 3. The van der Waals surface area contributed by atoms with Gasteiger partial charge in [-0.25, -0.2) is 4.98 Å². The van der Waals surface area contributed by atoms with Crippen molar-refractivity contribution >= 4 is 76.1 Å². The van der Waals surface area contributed by atoms with Gasteiger partial charge in [-0.3, -0.25) is 4.57 Å². The van der Waals surface area contributed by atoms with Crippen LogP contribution in [0.15, 0.2) is 134 Å². The molecule has 0 fully saturated rings. The number of nitrogens with one attached hydrogen (secondary N) is 2. The van der Waals surface area contributed by atoms with Crippen LogP contribution in [-0.2, 0) is 5.41 Å². The number of anilines is 4. The van der Waals surface area contributed by atoms with Gasteiger partial charge in [0.25, 0.3) is 0 Å². The molecule has 9 aromatic rings. The molecule has 0 spiro atoms. The molecule has 0 aliphatic carbocycles. The summed E-state index contributed by atoms with van der Waals surface area (Å²) in [5, 5.41) is 12.3. The topological polar surface area (TPSA) is 51.1 Å². The molecular formula is C48H42N4OS. The van der Waals surface area contributed by atoms with E-state index in [2.05, 4.69) is 166 Å². The molecule has 0 atom stereocenters. The van der Waals surface area contributed by atoms with Crippen molar-refractivity contribution in [3.8, 4) is 17.3 Å². The third-order valence-corrected chi connectivity index (χ3v) is 11.4. The molecule has 0 aliphatic rings. The van der Waals surface area contributed by atoms with E-state index < -0.39 is 0 Å². The number of thiophene rings is 1. The summed E-state index contributed by atoms with van der Waals surface area (Å²) in [6, 6.07) is 45.0. The highest BCUT2D eigenvalue weighted by molar-refractivity contribution is 7.25. The van der Waals surface area contributed by atoms with Gasteiger partial charge in [0, 0.05) is 60.6 Å². The fourth-order valence-corrected chi connectivity index (χ4v) is 8.80. The molecule has 3 aromatic heterocycles. The van der Waals surface area contributed by atoms with Gasteiger partial charge in [-0.2, -0.15) is 0 Å². The van der Waals surface area contributed by atoms with Crippen molar-refractivity contribution in [1.29, 1.82) is 0 Å². The number of ether oxygens (including phenoxy) is 1. The Balaban J connectivity index is 1.10. The van der Waals surface area contributed by atoms with E-state index in [-0.39, 0.29) is 5.41 Å². The predicted molar refractivity (Wildman–Crippen MR) is 230 cm³/mol. The van der Waals surface area contributed by atoms with Gasteiger partial charge in [-0.1, -0.05) is 74.9 Å². The number of hydrogen-bond donors (Lipinski definition) is 2. The first kappa shape index (κ1) is 33.7. The van der Waals surface area contributed by atoms with Crippen molar-refractivity contribution < 1.29 is 4.74 Å². The lowest BCUT2D eigenvalue weighted by atomic mass is 9.88. The number of para-hydroxylation sites is 2. The molecule has 6 heteroatoms. The van der Waals surface area contributed by atoms with Gasteiger partial charge in [-0.15, -0.1) is 11.3 Å². The molecule has 0 radical (unpaired) electrons. The second-order valence-electron chi connectivity index (χ2n) is 15.3. The van der Waals surface area contributed by atoms with Crippen LogP contribution < -0.4 is 15.4 Å². The molecule has 5 nitrogen and oxygen atoms in total. The SMILES string of the molecule is Cc1cc(C)c(Nc2ccccc2Nc2cccc(Oc3ccc4c5cc6c(cc5n(-c5cc(C(C)(C)C)ccn5)c4c3)sc3ccccc36)c2)c(C)c1. The summed E-state index contributed by atoms with van der Waals surface area (Å²) in [5.41, 5.74) is 11.2. The largest absolute Gasteiger partial charge is 0.457 e. The predicted octanol–water partition coefficient (Wildman–Crippen LogP) is 14.0. The standard InChI is InChI=1S/C48H42N4OS/c1-29-22-30(2)47(31(3)23-29)51-41-16-9-8-15-40(41)50-33-12-11-13-34(25-33)53-35-18-19-36-38-27-39-37-14-7-10-17-44(37)54-45(39)28-43(38)52(42(36)26-35)46-24-32(20-21-49-46)48(4,5)6/h7-28,50-51H,1-6H3. The number of hydrogen-bond acceptors (Lipinski definition) is 5. The van der Waals surface area contributed by atoms with E-state index in [9.17, 15) is 0 Å². The van der Waals surface area contributed by atoms with Crippen LogP contribution in [-0.4, -0.2) is 9.55 Å². The van der Waals surface area contributed by atoms with Crippen LogP contribution in [0, 0.1) is 20.8 Å². The number of rotatable bonds is 7. The Hall–Kier alpha value is -6.11. The second-order valence-corrected chi connectivity index (χ2v) is 16.4. The molecule has 2 N–H and O–H groups in total. The molecule has 0 saturated heterocycles. The van der Waals surface area contributed by atoms with Gasteiger partial charge < -0.3 is 15.4 Å². The Kier molecular flexibility index (Phi) is 8.16. The van der Waals surface area contributed by atoms with Crippen molar-refractivity contribution in [2.24, 2.45) is 0 Å². The lowest BCUT2D eigenvalue weighted by Gasteiger charge is -2.20. The van der Waals surface area contributed by atoms with Gasteiger partial charge in [0.2, 0.25) is 0 Å². The maximum atomic E-state index is 6.63. The Morgan fingerprint density at radius 1 is 0.593 bits per heavy atom. The first-order valence-electron chi connectivity index (χ1n) is 18.4. The highest BCUT2D eigenvalue weighted by Crippen LogP contribution is 2.42. The summed E-state index contributed by atoms with van der Waals surface area (Å²) < 4.78 is 11.5. The maximum absolute atomic E-state index is 6.63. The Morgan fingerprint density at radius 2 is 1.31 bits per heavy atom. The minimum absolute atomic E-state index is 0.0162. The molecule has 9 rings (SSSR count). The van der Waals surface area contributed by atoms with Crippen molar-refractivity contribution in [1.82, 2.24) is 9.55 Å². The van der Waals surface area contributed by atoms with Crippen LogP contribution in [0.5, 0.6) is 11.5 Å². The molecule has 0 unspecified atom stereocenters. The molecule has 0 aliphatic heterocycles. The van der Waals surface area contributed by atoms with Crippen molar-refractivity contribution in [3.05, 3.63) is 156 Å². The molecule has 54 heavy (non-hydrogen) atoms. The molecule has 3 heterocycles. The third kappa shape index (κ3) is 6.12. The average molecular weight is 723 g/mol. The highest BCUT2D eigenvalue weighted by atomic mass is 32.1. The summed E-state index contributed by atoms with van der Waals surface area (Å²) in [6.07, 6.45) is 1.93. The summed E-state index contributed by atoms with van der Waals surface area (Å²) in [7, 11) is 0. The number of nitrogens with zero attached hydrogens (tertiary/aromatic N) is 2. The monoisotopic (exact) mass is 722 g/mol. The zero-order chi connectivity index (χ0) is 37.1. The van der Waals surface area contributed by atoms with E-state index in [0.29, 0.717) is 0 Å². The van der Waals surface area contributed by atoms with Gasteiger partial charge in [0.05, 0.1) is 22.4 Å². The number of fused-ring (bicyclic) bond motifs is 6. The lowest BCUT2D eigenvalue weighted by Crippen LogP contribution is -2.12. The molecule has 0 bridgehead atoms. The number of pyridine rings is 1. The number of aromatic nitrogens is 2. The van der Waals surface area contributed by atoms with Gasteiger partial charge in [0.1, 0.15) is 17.3 Å². The van der Waals surface area contributed by atoms with Crippen LogP contribution in [0.1, 0.15) is 43.0 Å². The third-order valence-electron chi connectivity index (χ3n) is 10.3. The van der Waals surface area contributed by atoms with Crippen molar-refractivity contribution in [2.75, 3.05) is 10.6 Å². The summed E-state index contributed by atoms with van der Waals surface area (Å²) in [4.78, 5) is 4.94. The van der Waals surface area contributed by atoms with Gasteiger partial charge in [0.15, 0.2) is 0 Å². The quantitative estimate of drug-likeness (QED) is 0.172. The van der Waals surface area contributed by atoms with E-state index in [4.69, 9.17) is 9.72 Å². The number of benzene rings is 6.